The lowest BCUT2D eigenvalue weighted by molar-refractivity contribution is -0.121. The van der Waals surface area contributed by atoms with E-state index in [2.05, 4.69) is 10.3 Å². The molecule has 1 heterocycles. The van der Waals surface area contributed by atoms with Crippen molar-refractivity contribution in [3.8, 4) is 0 Å². The van der Waals surface area contributed by atoms with Gasteiger partial charge in [-0.05, 0) is 23.8 Å². The summed E-state index contributed by atoms with van der Waals surface area (Å²) in [6.07, 6.45) is 0. The molecule has 0 radical (unpaired) electrons. The van der Waals surface area contributed by atoms with Crippen molar-refractivity contribution in [1.82, 2.24) is 14.9 Å². The Hall–Kier alpha value is -2.37. The second-order valence-corrected chi connectivity index (χ2v) is 5.54. The number of carbonyl (C=O) groups excluding carboxylic acids is 1. The second kappa shape index (κ2) is 6.81. The van der Waals surface area contributed by atoms with Crippen molar-refractivity contribution < 1.29 is 9.90 Å². The molecule has 0 saturated heterocycles. The highest BCUT2D eigenvalue weighted by Crippen LogP contribution is 2.16. The van der Waals surface area contributed by atoms with Crippen LogP contribution in [0.4, 0.5) is 0 Å². The van der Waals surface area contributed by atoms with Crippen molar-refractivity contribution in [2.75, 3.05) is 0 Å². The molecular formula is C17H16ClN3O2. The van der Waals surface area contributed by atoms with E-state index in [-0.39, 0.29) is 19.1 Å². The van der Waals surface area contributed by atoms with Crippen LogP contribution in [0, 0.1) is 0 Å². The first-order valence-corrected chi connectivity index (χ1v) is 7.62. The second-order valence-electron chi connectivity index (χ2n) is 5.13. The monoisotopic (exact) mass is 329 g/mol. The van der Waals surface area contributed by atoms with E-state index in [0.29, 0.717) is 17.4 Å². The van der Waals surface area contributed by atoms with Gasteiger partial charge in [0.25, 0.3) is 0 Å². The fraction of sp³-hybridized carbons (Fsp3) is 0.176. The number of amides is 1. The molecule has 0 aliphatic heterocycles. The number of hydrogen-bond acceptors (Lipinski definition) is 3. The summed E-state index contributed by atoms with van der Waals surface area (Å²) >= 11 is 6.08. The van der Waals surface area contributed by atoms with Gasteiger partial charge in [-0.15, -0.1) is 0 Å². The Kier molecular flexibility index (Phi) is 4.60. The van der Waals surface area contributed by atoms with Crippen LogP contribution in [0.1, 0.15) is 11.4 Å². The van der Waals surface area contributed by atoms with E-state index in [1.165, 1.54) is 0 Å². The van der Waals surface area contributed by atoms with E-state index >= 15 is 0 Å². The zero-order valence-corrected chi connectivity index (χ0v) is 13.1. The number of fused-ring (bicyclic) bond motifs is 1. The van der Waals surface area contributed by atoms with Gasteiger partial charge in [-0.25, -0.2) is 4.98 Å². The molecule has 2 aromatic carbocycles. The van der Waals surface area contributed by atoms with E-state index in [1.54, 1.807) is 10.6 Å². The quantitative estimate of drug-likeness (QED) is 0.755. The van der Waals surface area contributed by atoms with Crippen LogP contribution >= 0.6 is 11.6 Å². The maximum absolute atomic E-state index is 12.2. The average molecular weight is 330 g/mol. The fourth-order valence-electron chi connectivity index (χ4n) is 2.46. The summed E-state index contributed by atoms with van der Waals surface area (Å²) in [5.74, 6) is 0.307. The van der Waals surface area contributed by atoms with E-state index in [1.807, 2.05) is 42.5 Å². The summed E-state index contributed by atoms with van der Waals surface area (Å²) in [6.45, 7) is 0.243. The molecule has 0 spiro atoms. The number of nitrogens with zero attached hydrogens (tertiary/aromatic N) is 2. The normalized spacial score (nSPS) is 10.9. The lowest BCUT2D eigenvalue weighted by atomic mass is 10.2. The number of imidazole rings is 1. The van der Waals surface area contributed by atoms with Gasteiger partial charge in [0.1, 0.15) is 19.0 Å². The molecule has 0 atom stereocenters. The molecule has 0 aliphatic rings. The molecular weight excluding hydrogens is 314 g/mol. The first-order valence-electron chi connectivity index (χ1n) is 7.24. The predicted octanol–water partition coefficient (Wildman–Crippen LogP) is 2.50. The third kappa shape index (κ3) is 3.36. The molecule has 0 fully saturated rings. The highest BCUT2D eigenvalue weighted by Gasteiger charge is 2.12. The molecule has 3 rings (SSSR count). The Morgan fingerprint density at radius 2 is 1.91 bits per heavy atom. The molecule has 0 bridgehead atoms. The lowest BCUT2D eigenvalue weighted by Gasteiger charge is -2.10. The van der Waals surface area contributed by atoms with Crippen molar-refractivity contribution >= 4 is 28.5 Å². The molecule has 0 unspecified atom stereocenters. The van der Waals surface area contributed by atoms with Gasteiger partial charge in [-0.2, -0.15) is 0 Å². The van der Waals surface area contributed by atoms with E-state index in [4.69, 9.17) is 11.6 Å². The van der Waals surface area contributed by atoms with Gasteiger partial charge in [0, 0.05) is 11.6 Å². The summed E-state index contributed by atoms with van der Waals surface area (Å²) in [6, 6.07) is 14.9. The molecule has 118 valence electrons. The number of hydrogen-bond donors (Lipinski definition) is 2. The van der Waals surface area contributed by atoms with Gasteiger partial charge < -0.3 is 15.0 Å². The molecule has 23 heavy (non-hydrogen) atoms. The summed E-state index contributed by atoms with van der Waals surface area (Å²) in [4.78, 5) is 16.6. The number of para-hydroxylation sites is 2. The van der Waals surface area contributed by atoms with Gasteiger partial charge in [0.2, 0.25) is 5.91 Å². The number of rotatable bonds is 5. The zero-order valence-electron chi connectivity index (χ0n) is 12.4. The highest BCUT2D eigenvalue weighted by molar-refractivity contribution is 6.31. The Morgan fingerprint density at radius 1 is 1.17 bits per heavy atom. The summed E-state index contributed by atoms with van der Waals surface area (Å²) in [5.41, 5.74) is 2.44. The molecule has 0 saturated carbocycles. The molecule has 6 heteroatoms. The smallest absolute Gasteiger partial charge is 0.240 e. The molecule has 1 amide bonds. The number of nitrogens with one attached hydrogen (secondary N) is 1. The molecule has 5 nitrogen and oxygen atoms in total. The SMILES string of the molecule is O=C(Cn1c(CO)nc2ccccc21)NCc1ccccc1Cl. The van der Waals surface area contributed by atoms with Crippen molar-refractivity contribution in [2.24, 2.45) is 0 Å². The topological polar surface area (TPSA) is 67.2 Å². The van der Waals surface area contributed by atoms with Crippen LogP contribution in [0.3, 0.4) is 0 Å². The third-order valence-corrected chi connectivity index (χ3v) is 3.98. The van der Waals surface area contributed by atoms with E-state index in [0.717, 1.165) is 16.6 Å². The minimum absolute atomic E-state index is 0.0981. The number of aromatic nitrogens is 2. The lowest BCUT2D eigenvalue weighted by Crippen LogP contribution is -2.27. The van der Waals surface area contributed by atoms with Crippen LogP contribution in [-0.4, -0.2) is 20.6 Å². The number of aliphatic hydroxyl groups is 1. The molecule has 1 aromatic heterocycles. The van der Waals surface area contributed by atoms with Gasteiger partial charge in [0.15, 0.2) is 0 Å². The van der Waals surface area contributed by atoms with Crippen LogP contribution in [0.5, 0.6) is 0 Å². The number of carbonyl (C=O) groups is 1. The molecule has 2 N–H and O–H groups in total. The predicted molar refractivity (Wildman–Crippen MR) is 89.0 cm³/mol. The highest BCUT2D eigenvalue weighted by atomic mass is 35.5. The van der Waals surface area contributed by atoms with Crippen LogP contribution in [0.25, 0.3) is 11.0 Å². The summed E-state index contributed by atoms with van der Waals surface area (Å²) in [5, 5.41) is 12.9. The minimum atomic E-state index is -0.216. The first kappa shape index (κ1) is 15.5. The Morgan fingerprint density at radius 3 is 2.70 bits per heavy atom. The van der Waals surface area contributed by atoms with Crippen molar-refractivity contribution in [1.29, 1.82) is 0 Å². The number of halogens is 1. The van der Waals surface area contributed by atoms with Crippen LogP contribution in [-0.2, 0) is 24.5 Å². The average Bonchev–Trinajstić information content (AvgIpc) is 2.92. The maximum Gasteiger partial charge on any atom is 0.240 e. The standard InChI is InChI=1S/C17H16ClN3O2/c18-13-6-2-1-5-12(13)9-19-17(23)10-21-15-8-4-3-7-14(15)20-16(21)11-22/h1-8,22H,9-11H2,(H,19,23). The maximum atomic E-state index is 12.2. The third-order valence-electron chi connectivity index (χ3n) is 3.61. The summed E-state index contributed by atoms with van der Waals surface area (Å²) < 4.78 is 1.72. The fourth-order valence-corrected chi connectivity index (χ4v) is 2.66. The van der Waals surface area contributed by atoms with Crippen molar-refractivity contribution in [3.05, 3.63) is 64.9 Å². The largest absolute Gasteiger partial charge is 0.388 e. The van der Waals surface area contributed by atoms with Gasteiger partial charge >= 0.3 is 0 Å². The Bertz CT molecular complexity index is 845. The zero-order chi connectivity index (χ0) is 16.2. The van der Waals surface area contributed by atoms with Gasteiger partial charge in [-0.3, -0.25) is 4.79 Å². The molecule has 3 aromatic rings. The minimum Gasteiger partial charge on any atom is -0.388 e. The van der Waals surface area contributed by atoms with E-state index in [9.17, 15) is 9.90 Å². The molecule has 0 aliphatic carbocycles. The van der Waals surface area contributed by atoms with E-state index < -0.39 is 0 Å². The van der Waals surface area contributed by atoms with Crippen molar-refractivity contribution in [2.45, 2.75) is 19.7 Å². The van der Waals surface area contributed by atoms with Gasteiger partial charge in [0.05, 0.1) is 11.0 Å². The van der Waals surface area contributed by atoms with Crippen molar-refractivity contribution in [3.63, 3.8) is 0 Å². The van der Waals surface area contributed by atoms with Crippen LogP contribution in [0.2, 0.25) is 5.02 Å². The van der Waals surface area contributed by atoms with Crippen LogP contribution < -0.4 is 5.32 Å². The number of aliphatic hydroxyl groups excluding tert-OH is 1. The summed E-state index contributed by atoms with van der Waals surface area (Å²) in [7, 11) is 0. The van der Waals surface area contributed by atoms with Gasteiger partial charge in [-0.1, -0.05) is 41.9 Å². The number of benzene rings is 2. The Labute approximate surface area is 138 Å². The van der Waals surface area contributed by atoms with Crippen LogP contribution in [0.15, 0.2) is 48.5 Å². The first-order chi connectivity index (χ1) is 11.2. The Balaban J connectivity index is 1.74.